The molecule has 0 amide bonds. The molecule has 2 nitrogen and oxygen atoms in total. The van der Waals surface area contributed by atoms with Crippen LogP contribution in [0.15, 0.2) is 12.0 Å². The molecule has 0 aromatic rings. The molecule has 0 bridgehead atoms. The third kappa shape index (κ3) is 1.18. The van der Waals surface area contributed by atoms with Gasteiger partial charge in [-0.25, -0.2) is 0 Å². The Labute approximate surface area is 56.1 Å². The topological polar surface area (TPSA) is 12.5 Å². The van der Waals surface area contributed by atoms with Crippen molar-refractivity contribution in [1.82, 2.24) is 4.90 Å². The van der Waals surface area contributed by atoms with Gasteiger partial charge in [0, 0.05) is 6.54 Å². The molecule has 0 atom stereocenters. The summed E-state index contributed by atoms with van der Waals surface area (Å²) in [5.41, 5.74) is 1.32. The van der Waals surface area contributed by atoms with Crippen LogP contribution >= 0.6 is 0 Å². The second kappa shape index (κ2) is 2.76. The predicted octanol–water partition coefficient (Wildman–Crippen LogP) is 1.55. The van der Waals surface area contributed by atoms with Crippen molar-refractivity contribution < 1.29 is 4.74 Å². The van der Waals surface area contributed by atoms with Gasteiger partial charge in [-0.1, -0.05) is 6.92 Å². The van der Waals surface area contributed by atoms with E-state index >= 15 is 0 Å². The Hall–Kier alpha value is -0.660. The average molecular weight is 127 g/mol. The molecule has 1 aliphatic heterocycles. The maximum Gasteiger partial charge on any atom is 0.160 e. The minimum absolute atomic E-state index is 0.750. The van der Waals surface area contributed by atoms with Crippen LogP contribution in [0.25, 0.3) is 0 Å². The van der Waals surface area contributed by atoms with Gasteiger partial charge in [-0.05, 0) is 13.3 Å². The van der Waals surface area contributed by atoms with Gasteiger partial charge in [-0.2, -0.15) is 0 Å². The van der Waals surface area contributed by atoms with Gasteiger partial charge in [0.05, 0.1) is 5.70 Å². The molecule has 0 unspecified atom stereocenters. The lowest BCUT2D eigenvalue weighted by Gasteiger charge is -2.15. The Balaban J connectivity index is 2.47. The van der Waals surface area contributed by atoms with Crippen molar-refractivity contribution in [2.75, 3.05) is 13.3 Å². The minimum Gasteiger partial charge on any atom is -0.479 e. The fourth-order valence-corrected chi connectivity index (χ4v) is 0.982. The first-order chi connectivity index (χ1) is 4.38. The van der Waals surface area contributed by atoms with Crippen molar-refractivity contribution in [2.45, 2.75) is 20.3 Å². The van der Waals surface area contributed by atoms with E-state index in [1.165, 1.54) is 5.70 Å². The predicted molar refractivity (Wildman–Crippen MR) is 36.7 cm³/mol. The molecule has 0 aromatic heterocycles. The van der Waals surface area contributed by atoms with Crippen LogP contribution in [-0.2, 0) is 4.74 Å². The smallest absolute Gasteiger partial charge is 0.160 e. The van der Waals surface area contributed by atoms with E-state index in [0.717, 1.165) is 19.7 Å². The molecular weight excluding hydrogens is 114 g/mol. The SMILES string of the molecule is CCC1=COCN1CC. The molecule has 0 aliphatic carbocycles. The van der Waals surface area contributed by atoms with E-state index in [1.807, 2.05) is 6.26 Å². The number of rotatable bonds is 2. The van der Waals surface area contributed by atoms with Crippen molar-refractivity contribution in [3.63, 3.8) is 0 Å². The third-order valence-corrected chi connectivity index (χ3v) is 1.60. The van der Waals surface area contributed by atoms with E-state index in [0.29, 0.717) is 0 Å². The molecule has 1 aliphatic rings. The van der Waals surface area contributed by atoms with Crippen LogP contribution in [-0.4, -0.2) is 18.2 Å². The number of nitrogens with zero attached hydrogens (tertiary/aromatic N) is 1. The number of ether oxygens (including phenoxy) is 1. The van der Waals surface area contributed by atoms with E-state index < -0.39 is 0 Å². The monoisotopic (exact) mass is 127 g/mol. The highest BCUT2D eigenvalue weighted by atomic mass is 16.5. The van der Waals surface area contributed by atoms with Crippen molar-refractivity contribution in [3.8, 4) is 0 Å². The maximum absolute atomic E-state index is 5.12. The molecule has 9 heavy (non-hydrogen) atoms. The van der Waals surface area contributed by atoms with Crippen LogP contribution in [0, 0.1) is 0 Å². The molecule has 52 valence electrons. The molecule has 0 saturated heterocycles. The normalized spacial score (nSPS) is 17.6. The van der Waals surface area contributed by atoms with E-state index in [-0.39, 0.29) is 0 Å². The van der Waals surface area contributed by atoms with Crippen molar-refractivity contribution in [1.29, 1.82) is 0 Å². The Morgan fingerprint density at radius 2 is 2.44 bits per heavy atom. The molecule has 0 radical (unpaired) electrons. The molecule has 1 rings (SSSR count). The third-order valence-electron chi connectivity index (χ3n) is 1.60. The zero-order valence-electron chi connectivity index (χ0n) is 6.05. The quantitative estimate of drug-likeness (QED) is 0.558. The zero-order chi connectivity index (χ0) is 6.69. The van der Waals surface area contributed by atoms with Crippen molar-refractivity contribution >= 4 is 0 Å². The molecular formula is C7H13NO. The summed E-state index contributed by atoms with van der Waals surface area (Å²) in [6, 6.07) is 0. The second-order valence-corrected chi connectivity index (χ2v) is 2.11. The van der Waals surface area contributed by atoms with E-state index in [4.69, 9.17) is 4.74 Å². The number of allylic oxidation sites excluding steroid dienone is 1. The van der Waals surface area contributed by atoms with Crippen LogP contribution in [0.4, 0.5) is 0 Å². The Morgan fingerprint density at radius 3 is 2.89 bits per heavy atom. The summed E-state index contributed by atoms with van der Waals surface area (Å²) in [4.78, 5) is 2.22. The highest BCUT2D eigenvalue weighted by molar-refractivity contribution is 4.98. The van der Waals surface area contributed by atoms with Gasteiger partial charge < -0.3 is 9.64 Å². The fraction of sp³-hybridized carbons (Fsp3) is 0.714. The van der Waals surface area contributed by atoms with Crippen LogP contribution in [0.1, 0.15) is 20.3 Å². The zero-order valence-corrected chi connectivity index (χ0v) is 6.05. The van der Waals surface area contributed by atoms with Crippen molar-refractivity contribution in [3.05, 3.63) is 12.0 Å². The summed E-state index contributed by atoms with van der Waals surface area (Å²) in [6.07, 6.45) is 2.93. The fourth-order valence-electron chi connectivity index (χ4n) is 0.982. The Bertz CT molecular complexity index is 120. The highest BCUT2D eigenvalue weighted by Crippen LogP contribution is 2.13. The summed E-state index contributed by atoms with van der Waals surface area (Å²) >= 11 is 0. The van der Waals surface area contributed by atoms with Gasteiger partial charge in [0.25, 0.3) is 0 Å². The lowest BCUT2D eigenvalue weighted by Crippen LogP contribution is -2.18. The summed E-state index contributed by atoms with van der Waals surface area (Å²) in [6.45, 7) is 6.08. The summed E-state index contributed by atoms with van der Waals surface area (Å²) in [7, 11) is 0. The standard InChI is InChI=1S/C7H13NO/c1-3-7-5-9-6-8(7)4-2/h5H,3-4,6H2,1-2H3. The average Bonchev–Trinajstić information content (AvgIpc) is 2.33. The molecule has 0 fully saturated rings. The van der Waals surface area contributed by atoms with Gasteiger partial charge in [-0.15, -0.1) is 0 Å². The van der Waals surface area contributed by atoms with Gasteiger partial charge >= 0.3 is 0 Å². The summed E-state index contributed by atoms with van der Waals surface area (Å²) in [5.74, 6) is 0. The summed E-state index contributed by atoms with van der Waals surface area (Å²) < 4.78 is 5.12. The van der Waals surface area contributed by atoms with Gasteiger partial charge in [0.1, 0.15) is 6.26 Å². The second-order valence-electron chi connectivity index (χ2n) is 2.11. The maximum atomic E-state index is 5.12. The lowest BCUT2D eigenvalue weighted by molar-refractivity contribution is 0.170. The van der Waals surface area contributed by atoms with Crippen LogP contribution in [0.2, 0.25) is 0 Å². The molecule has 0 aromatic carbocycles. The molecule has 0 spiro atoms. The highest BCUT2D eigenvalue weighted by Gasteiger charge is 2.10. The van der Waals surface area contributed by atoms with E-state index in [1.54, 1.807) is 0 Å². The van der Waals surface area contributed by atoms with Gasteiger partial charge in [0.15, 0.2) is 6.73 Å². The molecule has 1 heterocycles. The Morgan fingerprint density at radius 1 is 1.67 bits per heavy atom. The van der Waals surface area contributed by atoms with Crippen LogP contribution in [0.3, 0.4) is 0 Å². The van der Waals surface area contributed by atoms with Crippen LogP contribution in [0.5, 0.6) is 0 Å². The first kappa shape index (κ1) is 6.46. The number of hydrogen-bond donors (Lipinski definition) is 0. The number of hydrogen-bond acceptors (Lipinski definition) is 2. The minimum atomic E-state index is 0.750. The van der Waals surface area contributed by atoms with Crippen LogP contribution < -0.4 is 0 Å². The molecule has 0 N–H and O–H groups in total. The van der Waals surface area contributed by atoms with Crippen molar-refractivity contribution in [2.24, 2.45) is 0 Å². The summed E-state index contributed by atoms with van der Waals surface area (Å²) in [5, 5.41) is 0. The first-order valence-electron chi connectivity index (χ1n) is 3.44. The van der Waals surface area contributed by atoms with E-state index in [2.05, 4.69) is 18.7 Å². The molecule has 0 saturated carbocycles. The van der Waals surface area contributed by atoms with Gasteiger partial charge in [0.2, 0.25) is 0 Å². The lowest BCUT2D eigenvalue weighted by atomic mass is 10.3. The largest absolute Gasteiger partial charge is 0.479 e. The van der Waals surface area contributed by atoms with E-state index in [9.17, 15) is 0 Å². The Kier molecular flexibility index (Phi) is 1.98. The first-order valence-corrected chi connectivity index (χ1v) is 3.44. The van der Waals surface area contributed by atoms with Gasteiger partial charge in [-0.3, -0.25) is 0 Å². The molecule has 2 heteroatoms.